The van der Waals surface area contributed by atoms with Crippen LogP contribution in [-0.2, 0) is 6.42 Å². The van der Waals surface area contributed by atoms with Gasteiger partial charge < -0.3 is 4.90 Å². The molecule has 0 saturated carbocycles. The fourth-order valence-corrected chi connectivity index (χ4v) is 2.89. The van der Waals surface area contributed by atoms with Crippen molar-refractivity contribution >= 4 is 11.6 Å². The van der Waals surface area contributed by atoms with Crippen LogP contribution in [-0.4, -0.2) is 16.5 Å². The highest BCUT2D eigenvalue weighted by Crippen LogP contribution is 2.32. The molecule has 4 heteroatoms. The fraction of sp³-hybridized carbons (Fsp3) is 0.111. The van der Waals surface area contributed by atoms with E-state index in [1.165, 1.54) is 5.56 Å². The van der Waals surface area contributed by atoms with Crippen LogP contribution in [0.5, 0.6) is 0 Å². The van der Waals surface area contributed by atoms with Gasteiger partial charge in [-0.25, -0.2) is 4.98 Å². The van der Waals surface area contributed by atoms with Gasteiger partial charge in [0.1, 0.15) is 0 Å². The summed E-state index contributed by atoms with van der Waals surface area (Å²) in [7, 11) is 0. The normalized spacial score (nSPS) is 13.2. The number of para-hydroxylation sites is 1. The van der Waals surface area contributed by atoms with Gasteiger partial charge in [-0.2, -0.15) is 0 Å². The van der Waals surface area contributed by atoms with Gasteiger partial charge in [-0.05, 0) is 18.1 Å². The second-order valence-electron chi connectivity index (χ2n) is 5.35. The minimum absolute atomic E-state index is 0.131. The molecule has 22 heavy (non-hydrogen) atoms. The molecule has 0 spiro atoms. The molecule has 1 aliphatic rings. The first-order chi connectivity index (χ1) is 10.8. The Morgan fingerprint density at radius 2 is 1.77 bits per heavy atom. The van der Waals surface area contributed by atoms with E-state index < -0.39 is 0 Å². The number of nitrogens with one attached hydrogen (secondary N) is 1. The van der Waals surface area contributed by atoms with Gasteiger partial charge in [0.15, 0.2) is 0 Å². The zero-order valence-corrected chi connectivity index (χ0v) is 12.0. The van der Waals surface area contributed by atoms with Crippen molar-refractivity contribution in [3.05, 3.63) is 76.6 Å². The molecule has 4 nitrogen and oxygen atoms in total. The van der Waals surface area contributed by atoms with Crippen molar-refractivity contribution in [2.75, 3.05) is 11.4 Å². The summed E-state index contributed by atoms with van der Waals surface area (Å²) in [6, 6.07) is 19.6. The molecule has 0 atom stereocenters. The molecular formula is C18H15N3O. The van der Waals surface area contributed by atoms with Crippen LogP contribution in [0.15, 0.2) is 65.5 Å². The van der Waals surface area contributed by atoms with Gasteiger partial charge >= 0.3 is 0 Å². The van der Waals surface area contributed by atoms with Crippen LogP contribution in [0.4, 0.5) is 11.6 Å². The maximum atomic E-state index is 12.0. The van der Waals surface area contributed by atoms with E-state index in [4.69, 9.17) is 0 Å². The summed E-state index contributed by atoms with van der Waals surface area (Å²) in [4.78, 5) is 21.6. The van der Waals surface area contributed by atoms with Gasteiger partial charge in [-0.3, -0.25) is 9.78 Å². The van der Waals surface area contributed by atoms with Crippen molar-refractivity contribution in [3.63, 3.8) is 0 Å². The predicted molar refractivity (Wildman–Crippen MR) is 87.4 cm³/mol. The molecule has 0 unspecified atom stereocenters. The average molecular weight is 289 g/mol. The summed E-state index contributed by atoms with van der Waals surface area (Å²) in [5, 5.41) is 0. The molecule has 1 N–H and O–H groups in total. The summed E-state index contributed by atoms with van der Waals surface area (Å²) in [5.41, 5.74) is 3.92. The summed E-state index contributed by atoms with van der Waals surface area (Å²) in [6.07, 6.45) is 0.968. The number of hydrogen-bond donors (Lipinski definition) is 1. The van der Waals surface area contributed by atoms with Crippen molar-refractivity contribution < 1.29 is 0 Å². The summed E-state index contributed by atoms with van der Waals surface area (Å²) in [5.74, 6) is 0.608. The molecule has 2 aromatic carbocycles. The van der Waals surface area contributed by atoms with E-state index in [1.54, 1.807) is 6.07 Å². The Labute approximate surface area is 128 Å². The van der Waals surface area contributed by atoms with Crippen molar-refractivity contribution in [3.8, 4) is 11.3 Å². The van der Waals surface area contributed by atoms with Crippen molar-refractivity contribution in [2.24, 2.45) is 0 Å². The number of benzene rings is 2. The Balaban J connectivity index is 1.81. The van der Waals surface area contributed by atoms with E-state index in [0.717, 1.165) is 24.2 Å². The number of rotatable bonds is 2. The van der Waals surface area contributed by atoms with Crippen molar-refractivity contribution in [1.82, 2.24) is 9.97 Å². The second-order valence-corrected chi connectivity index (χ2v) is 5.35. The molecule has 108 valence electrons. The van der Waals surface area contributed by atoms with Gasteiger partial charge in [0, 0.05) is 23.9 Å². The van der Waals surface area contributed by atoms with E-state index in [2.05, 4.69) is 27.0 Å². The Bertz CT molecular complexity index is 871. The van der Waals surface area contributed by atoms with Gasteiger partial charge in [0.2, 0.25) is 5.95 Å². The number of anilines is 2. The van der Waals surface area contributed by atoms with E-state index in [9.17, 15) is 4.79 Å². The molecule has 0 aliphatic carbocycles. The highest BCUT2D eigenvalue weighted by Gasteiger charge is 2.22. The molecule has 4 rings (SSSR count). The van der Waals surface area contributed by atoms with Gasteiger partial charge in [0.25, 0.3) is 5.56 Å². The minimum atomic E-state index is -0.131. The summed E-state index contributed by atoms with van der Waals surface area (Å²) in [6.45, 7) is 0.834. The Morgan fingerprint density at radius 1 is 1.00 bits per heavy atom. The number of nitrogens with zero attached hydrogens (tertiary/aromatic N) is 2. The number of fused-ring (bicyclic) bond motifs is 1. The first kappa shape index (κ1) is 12.8. The Hall–Kier alpha value is -2.88. The molecular weight excluding hydrogens is 274 g/mol. The maximum absolute atomic E-state index is 12.0. The number of H-pyrrole nitrogens is 1. The molecule has 2 heterocycles. The zero-order valence-electron chi connectivity index (χ0n) is 12.0. The van der Waals surface area contributed by atoms with Gasteiger partial charge in [0.05, 0.1) is 5.69 Å². The molecule has 0 amide bonds. The quantitative estimate of drug-likeness (QED) is 0.788. The first-order valence-corrected chi connectivity index (χ1v) is 7.33. The summed E-state index contributed by atoms with van der Waals surface area (Å²) < 4.78 is 0. The highest BCUT2D eigenvalue weighted by molar-refractivity contribution is 5.67. The lowest BCUT2D eigenvalue weighted by Gasteiger charge is -2.18. The molecule has 3 aromatic rings. The molecule has 1 aliphatic heterocycles. The lowest BCUT2D eigenvalue weighted by Crippen LogP contribution is -2.20. The first-order valence-electron chi connectivity index (χ1n) is 7.33. The second kappa shape index (κ2) is 5.15. The number of hydrogen-bond acceptors (Lipinski definition) is 3. The lowest BCUT2D eigenvalue weighted by atomic mass is 10.1. The Kier molecular flexibility index (Phi) is 3.00. The predicted octanol–water partition coefficient (Wildman–Crippen LogP) is 3.13. The standard InChI is InChI=1S/C18H15N3O/c22-17-12-15(13-6-2-1-3-7-13)19-18(20-17)21-11-10-14-8-4-5-9-16(14)21/h1-9,12H,10-11H2,(H,19,20,22). The van der Waals surface area contributed by atoms with Crippen molar-refractivity contribution in [1.29, 1.82) is 0 Å². The number of aromatic amines is 1. The molecule has 0 saturated heterocycles. The maximum Gasteiger partial charge on any atom is 0.252 e. The Morgan fingerprint density at radius 3 is 2.64 bits per heavy atom. The molecule has 0 radical (unpaired) electrons. The van der Waals surface area contributed by atoms with E-state index in [1.807, 2.05) is 42.5 Å². The van der Waals surface area contributed by atoms with Gasteiger partial charge in [-0.1, -0.05) is 48.5 Å². The monoisotopic (exact) mass is 289 g/mol. The molecule has 0 fully saturated rings. The van der Waals surface area contributed by atoms with E-state index in [-0.39, 0.29) is 5.56 Å². The third-order valence-electron chi connectivity index (χ3n) is 3.94. The van der Waals surface area contributed by atoms with E-state index >= 15 is 0 Å². The fourth-order valence-electron chi connectivity index (χ4n) is 2.89. The molecule has 1 aromatic heterocycles. The van der Waals surface area contributed by atoms with Crippen LogP contribution < -0.4 is 10.5 Å². The average Bonchev–Trinajstić information content (AvgIpc) is 2.99. The third kappa shape index (κ3) is 2.19. The van der Waals surface area contributed by atoms with Crippen LogP contribution in [0, 0.1) is 0 Å². The van der Waals surface area contributed by atoms with Crippen LogP contribution in [0.2, 0.25) is 0 Å². The third-order valence-corrected chi connectivity index (χ3v) is 3.94. The SMILES string of the molecule is O=c1cc(-c2ccccc2)nc(N2CCc3ccccc32)[nH]1. The smallest absolute Gasteiger partial charge is 0.252 e. The zero-order chi connectivity index (χ0) is 14.9. The topological polar surface area (TPSA) is 49.0 Å². The molecule has 0 bridgehead atoms. The van der Waals surface area contributed by atoms with Gasteiger partial charge in [-0.15, -0.1) is 0 Å². The summed E-state index contributed by atoms with van der Waals surface area (Å²) >= 11 is 0. The van der Waals surface area contributed by atoms with Crippen LogP contribution in [0.3, 0.4) is 0 Å². The minimum Gasteiger partial charge on any atom is -0.311 e. The van der Waals surface area contributed by atoms with Crippen molar-refractivity contribution in [2.45, 2.75) is 6.42 Å². The van der Waals surface area contributed by atoms with Crippen LogP contribution in [0.1, 0.15) is 5.56 Å². The lowest BCUT2D eigenvalue weighted by molar-refractivity contribution is 0.932. The highest BCUT2D eigenvalue weighted by atomic mass is 16.1. The van der Waals surface area contributed by atoms with E-state index in [0.29, 0.717) is 11.6 Å². The van der Waals surface area contributed by atoms with Crippen LogP contribution >= 0.6 is 0 Å². The van der Waals surface area contributed by atoms with Crippen LogP contribution in [0.25, 0.3) is 11.3 Å². The number of aromatic nitrogens is 2. The largest absolute Gasteiger partial charge is 0.311 e.